The highest BCUT2D eigenvalue weighted by molar-refractivity contribution is 7.92. The minimum Gasteiger partial charge on any atom is -0.263 e. The van der Waals surface area contributed by atoms with Gasteiger partial charge >= 0.3 is 0 Å². The van der Waals surface area contributed by atoms with E-state index in [2.05, 4.69) is 9.71 Å². The van der Waals surface area contributed by atoms with Crippen LogP contribution in [0.1, 0.15) is 11.1 Å². The maximum atomic E-state index is 12.3. The van der Waals surface area contributed by atoms with Crippen molar-refractivity contribution in [1.29, 1.82) is 0 Å². The lowest BCUT2D eigenvalue weighted by Crippen LogP contribution is -2.15. The molecule has 0 aliphatic heterocycles. The molecule has 0 unspecified atom stereocenters. The summed E-state index contributed by atoms with van der Waals surface area (Å²) in [6.07, 6.45) is 1.45. The first kappa shape index (κ1) is 13.8. The fourth-order valence-corrected chi connectivity index (χ4v) is 3.14. The predicted octanol–water partition coefficient (Wildman–Crippen LogP) is 3.15. The first-order chi connectivity index (χ1) is 8.88. The molecule has 0 saturated carbocycles. The van der Waals surface area contributed by atoms with E-state index in [9.17, 15) is 8.42 Å². The first-order valence-electron chi connectivity index (χ1n) is 5.60. The summed E-state index contributed by atoms with van der Waals surface area (Å²) >= 11 is 5.80. The van der Waals surface area contributed by atoms with Crippen molar-refractivity contribution in [2.24, 2.45) is 0 Å². The SMILES string of the molecule is Cc1ccc(C)c(S(=O)(=O)Nc2cc(Cl)ccn2)c1. The van der Waals surface area contributed by atoms with E-state index in [1.54, 1.807) is 25.1 Å². The van der Waals surface area contributed by atoms with Crippen LogP contribution >= 0.6 is 11.6 Å². The highest BCUT2D eigenvalue weighted by atomic mass is 35.5. The zero-order valence-corrected chi connectivity index (χ0v) is 12.1. The largest absolute Gasteiger partial charge is 0.263 e. The van der Waals surface area contributed by atoms with E-state index >= 15 is 0 Å². The van der Waals surface area contributed by atoms with Crippen molar-refractivity contribution in [2.45, 2.75) is 18.7 Å². The molecule has 0 spiro atoms. The van der Waals surface area contributed by atoms with Gasteiger partial charge in [-0.2, -0.15) is 0 Å². The number of nitrogens with zero attached hydrogens (tertiary/aromatic N) is 1. The van der Waals surface area contributed by atoms with E-state index in [1.807, 2.05) is 13.0 Å². The number of nitrogens with one attached hydrogen (secondary N) is 1. The van der Waals surface area contributed by atoms with Gasteiger partial charge < -0.3 is 0 Å². The molecule has 2 rings (SSSR count). The number of benzene rings is 1. The second-order valence-electron chi connectivity index (χ2n) is 4.23. The molecule has 4 nitrogen and oxygen atoms in total. The summed E-state index contributed by atoms with van der Waals surface area (Å²) in [5, 5.41) is 0.425. The van der Waals surface area contributed by atoms with Gasteiger partial charge in [0.25, 0.3) is 10.0 Å². The Morgan fingerprint density at radius 1 is 1.16 bits per heavy atom. The van der Waals surface area contributed by atoms with E-state index in [0.29, 0.717) is 10.6 Å². The van der Waals surface area contributed by atoms with Crippen LogP contribution in [0.3, 0.4) is 0 Å². The van der Waals surface area contributed by atoms with Crippen LogP contribution < -0.4 is 4.72 Å². The lowest BCUT2D eigenvalue weighted by molar-refractivity contribution is 0.600. The van der Waals surface area contributed by atoms with Gasteiger partial charge in [-0.25, -0.2) is 13.4 Å². The zero-order valence-electron chi connectivity index (χ0n) is 10.5. The van der Waals surface area contributed by atoms with E-state index < -0.39 is 10.0 Å². The Balaban J connectivity index is 2.40. The van der Waals surface area contributed by atoms with E-state index in [-0.39, 0.29) is 10.7 Å². The van der Waals surface area contributed by atoms with Crippen molar-refractivity contribution in [3.05, 3.63) is 52.7 Å². The average molecular weight is 297 g/mol. The average Bonchev–Trinajstić information content (AvgIpc) is 2.31. The zero-order chi connectivity index (χ0) is 14.0. The Morgan fingerprint density at radius 3 is 2.58 bits per heavy atom. The van der Waals surface area contributed by atoms with Crippen LogP contribution in [-0.4, -0.2) is 13.4 Å². The van der Waals surface area contributed by atoms with Gasteiger partial charge in [0.15, 0.2) is 0 Å². The number of hydrogen-bond donors (Lipinski definition) is 1. The second kappa shape index (κ2) is 5.19. The number of sulfonamides is 1. The summed E-state index contributed by atoms with van der Waals surface area (Å²) < 4.78 is 27.0. The molecule has 1 N–H and O–H groups in total. The highest BCUT2D eigenvalue weighted by Crippen LogP contribution is 2.20. The maximum absolute atomic E-state index is 12.3. The van der Waals surface area contributed by atoms with Crippen molar-refractivity contribution in [1.82, 2.24) is 4.98 Å². The summed E-state index contributed by atoms with van der Waals surface area (Å²) in [5.74, 6) is 0.202. The van der Waals surface area contributed by atoms with Crippen molar-refractivity contribution in [3.8, 4) is 0 Å². The Morgan fingerprint density at radius 2 is 1.89 bits per heavy atom. The molecule has 6 heteroatoms. The molecule has 0 radical (unpaired) electrons. The standard InChI is InChI=1S/C13H13ClN2O2S/c1-9-3-4-10(2)12(7-9)19(17,18)16-13-8-11(14)5-6-15-13/h3-8H,1-2H3,(H,15,16). The minimum absolute atomic E-state index is 0.202. The molecule has 100 valence electrons. The molecule has 0 amide bonds. The molecule has 19 heavy (non-hydrogen) atoms. The summed E-state index contributed by atoms with van der Waals surface area (Å²) in [7, 11) is -3.65. The normalized spacial score (nSPS) is 11.3. The van der Waals surface area contributed by atoms with Gasteiger partial charge in [-0.15, -0.1) is 0 Å². The molecule has 1 aromatic heterocycles. The Bertz CT molecular complexity index is 714. The van der Waals surface area contributed by atoms with E-state index in [0.717, 1.165) is 5.56 Å². The van der Waals surface area contributed by atoms with Gasteiger partial charge in [-0.05, 0) is 37.1 Å². The molecular formula is C13H13ClN2O2S. The van der Waals surface area contributed by atoms with Crippen LogP contribution in [-0.2, 0) is 10.0 Å². The number of anilines is 1. The quantitative estimate of drug-likeness (QED) is 0.946. The Kier molecular flexibility index (Phi) is 3.78. The third kappa shape index (κ3) is 3.24. The van der Waals surface area contributed by atoms with Crippen LogP contribution in [0.5, 0.6) is 0 Å². The molecular weight excluding hydrogens is 284 g/mol. The number of rotatable bonds is 3. The van der Waals surface area contributed by atoms with Crippen LogP contribution in [0.15, 0.2) is 41.4 Å². The lowest BCUT2D eigenvalue weighted by Gasteiger charge is -2.10. The molecule has 0 saturated heterocycles. The van der Waals surface area contributed by atoms with E-state index in [1.165, 1.54) is 12.3 Å². The lowest BCUT2D eigenvalue weighted by atomic mass is 10.2. The number of halogens is 1. The van der Waals surface area contributed by atoms with Gasteiger partial charge in [-0.1, -0.05) is 23.7 Å². The highest BCUT2D eigenvalue weighted by Gasteiger charge is 2.17. The van der Waals surface area contributed by atoms with Crippen LogP contribution in [0, 0.1) is 13.8 Å². The molecule has 0 bridgehead atoms. The third-order valence-electron chi connectivity index (χ3n) is 2.59. The Labute approximate surface area is 117 Å². The van der Waals surface area contributed by atoms with Gasteiger partial charge in [0.1, 0.15) is 5.82 Å². The number of pyridine rings is 1. The molecule has 2 aromatic rings. The summed E-state index contributed by atoms with van der Waals surface area (Å²) in [6, 6.07) is 8.31. The molecule has 0 fully saturated rings. The molecule has 0 aliphatic rings. The molecule has 0 aliphatic carbocycles. The monoisotopic (exact) mass is 296 g/mol. The smallest absolute Gasteiger partial charge is 0.263 e. The predicted molar refractivity (Wildman–Crippen MR) is 76.0 cm³/mol. The molecule has 1 aromatic carbocycles. The molecule has 0 atom stereocenters. The van der Waals surface area contributed by atoms with Crippen LogP contribution in [0.4, 0.5) is 5.82 Å². The van der Waals surface area contributed by atoms with Crippen molar-refractivity contribution in [2.75, 3.05) is 4.72 Å². The van der Waals surface area contributed by atoms with Gasteiger partial charge in [0.2, 0.25) is 0 Å². The fraction of sp³-hybridized carbons (Fsp3) is 0.154. The topological polar surface area (TPSA) is 59.1 Å². The first-order valence-corrected chi connectivity index (χ1v) is 7.46. The van der Waals surface area contributed by atoms with Gasteiger partial charge in [-0.3, -0.25) is 4.72 Å². The summed E-state index contributed by atoms with van der Waals surface area (Å²) in [4.78, 5) is 4.17. The second-order valence-corrected chi connectivity index (χ2v) is 6.32. The van der Waals surface area contributed by atoms with Crippen molar-refractivity contribution in [3.63, 3.8) is 0 Å². The Hall–Kier alpha value is -1.59. The van der Waals surface area contributed by atoms with Crippen molar-refractivity contribution < 1.29 is 8.42 Å². The number of aromatic nitrogens is 1. The third-order valence-corrected chi connectivity index (χ3v) is 4.33. The fourth-order valence-electron chi connectivity index (χ4n) is 1.65. The maximum Gasteiger partial charge on any atom is 0.263 e. The summed E-state index contributed by atoms with van der Waals surface area (Å²) in [6.45, 7) is 3.59. The van der Waals surface area contributed by atoms with Crippen molar-refractivity contribution >= 4 is 27.4 Å². The van der Waals surface area contributed by atoms with Crippen LogP contribution in [0.25, 0.3) is 0 Å². The summed E-state index contributed by atoms with van der Waals surface area (Å²) in [5.41, 5.74) is 1.56. The molecule has 1 heterocycles. The van der Waals surface area contributed by atoms with Crippen LogP contribution in [0.2, 0.25) is 5.02 Å². The van der Waals surface area contributed by atoms with Gasteiger partial charge in [0.05, 0.1) is 4.90 Å². The minimum atomic E-state index is -3.65. The number of hydrogen-bond acceptors (Lipinski definition) is 3. The van der Waals surface area contributed by atoms with Gasteiger partial charge in [0, 0.05) is 17.3 Å². The van der Waals surface area contributed by atoms with E-state index in [4.69, 9.17) is 11.6 Å². The number of aryl methyl sites for hydroxylation is 2.